The fraction of sp³-hybridized carbons (Fsp3) is 0.500. The maximum absolute atomic E-state index is 11.5. The molecule has 0 aliphatic heterocycles. The molecule has 0 aliphatic rings. The van der Waals surface area contributed by atoms with Gasteiger partial charge < -0.3 is 11.1 Å². The molecule has 0 unspecified atom stereocenters. The van der Waals surface area contributed by atoms with Crippen LogP contribution in [0.3, 0.4) is 0 Å². The van der Waals surface area contributed by atoms with Gasteiger partial charge in [-0.15, -0.1) is 0 Å². The number of nitrogen functional groups attached to an aromatic ring is 1. The van der Waals surface area contributed by atoms with E-state index in [4.69, 9.17) is 5.73 Å². The summed E-state index contributed by atoms with van der Waals surface area (Å²) in [5.74, 6) is 0.125. The molecular formula is C14H22N2O. The average Bonchev–Trinajstić information content (AvgIpc) is 2.31. The summed E-state index contributed by atoms with van der Waals surface area (Å²) in [5, 5.41) is 2.93. The van der Waals surface area contributed by atoms with Gasteiger partial charge in [-0.2, -0.15) is 0 Å². The predicted octanol–water partition coefficient (Wildman–Crippen LogP) is 2.77. The number of benzene rings is 1. The van der Waals surface area contributed by atoms with Crippen LogP contribution in [0.25, 0.3) is 0 Å². The lowest BCUT2D eigenvalue weighted by Crippen LogP contribution is -2.22. The molecule has 0 fully saturated rings. The van der Waals surface area contributed by atoms with Crippen molar-refractivity contribution in [3.05, 3.63) is 29.3 Å². The minimum absolute atomic E-state index is 0.125. The Morgan fingerprint density at radius 1 is 1.35 bits per heavy atom. The third-order valence-electron chi connectivity index (χ3n) is 2.97. The molecule has 0 spiro atoms. The third kappa shape index (κ3) is 4.47. The molecule has 0 aromatic heterocycles. The Hall–Kier alpha value is -1.51. The van der Waals surface area contributed by atoms with Crippen molar-refractivity contribution in [3.63, 3.8) is 0 Å². The van der Waals surface area contributed by atoms with Gasteiger partial charge in [0.25, 0.3) is 0 Å². The Kier molecular flexibility index (Phi) is 5.53. The SMILES string of the molecule is CCCCCC(=O)NCc1cccc(N)c1C. The summed E-state index contributed by atoms with van der Waals surface area (Å²) in [5.41, 5.74) is 8.74. The number of hydrogen-bond donors (Lipinski definition) is 2. The van der Waals surface area contributed by atoms with Gasteiger partial charge in [0.15, 0.2) is 0 Å². The number of carbonyl (C=O) groups excluding carboxylic acids is 1. The van der Waals surface area contributed by atoms with Gasteiger partial charge in [0.05, 0.1) is 0 Å². The quantitative estimate of drug-likeness (QED) is 0.587. The Balaban J connectivity index is 2.39. The molecule has 94 valence electrons. The van der Waals surface area contributed by atoms with Crippen LogP contribution in [0.1, 0.15) is 43.7 Å². The standard InChI is InChI=1S/C14H22N2O/c1-3-4-5-9-14(17)16-10-12-7-6-8-13(15)11(12)2/h6-8H,3-5,9-10,15H2,1-2H3,(H,16,17). The number of amides is 1. The van der Waals surface area contributed by atoms with Gasteiger partial charge in [-0.25, -0.2) is 0 Å². The van der Waals surface area contributed by atoms with E-state index in [1.165, 1.54) is 0 Å². The molecule has 0 saturated heterocycles. The van der Waals surface area contributed by atoms with E-state index in [0.29, 0.717) is 13.0 Å². The molecule has 3 nitrogen and oxygen atoms in total. The van der Waals surface area contributed by atoms with Crippen LogP contribution in [0.15, 0.2) is 18.2 Å². The summed E-state index contributed by atoms with van der Waals surface area (Å²) in [7, 11) is 0. The largest absolute Gasteiger partial charge is 0.399 e. The Labute approximate surface area is 103 Å². The number of unbranched alkanes of at least 4 members (excludes halogenated alkanes) is 2. The second-order valence-electron chi connectivity index (χ2n) is 4.37. The van der Waals surface area contributed by atoms with Gasteiger partial charge in [0, 0.05) is 18.7 Å². The van der Waals surface area contributed by atoms with Crippen molar-refractivity contribution >= 4 is 11.6 Å². The first kappa shape index (κ1) is 13.6. The first-order valence-electron chi connectivity index (χ1n) is 6.25. The van der Waals surface area contributed by atoms with E-state index < -0.39 is 0 Å². The lowest BCUT2D eigenvalue weighted by atomic mass is 10.1. The normalized spacial score (nSPS) is 10.2. The molecule has 0 atom stereocenters. The molecule has 0 saturated carbocycles. The molecular weight excluding hydrogens is 212 g/mol. The van der Waals surface area contributed by atoms with Gasteiger partial charge in [0.2, 0.25) is 5.91 Å². The molecule has 0 aliphatic carbocycles. The first-order chi connectivity index (χ1) is 8.15. The van der Waals surface area contributed by atoms with Crippen LogP contribution in [0.2, 0.25) is 0 Å². The number of anilines is 1. The summed E-state index contributed by atoms with van der Waals surface area (Å²) < 4.78 is 0. The zero-order valence-corrected chi connectivity index (χ0v) is 10.8. The highest BCUT2D eigenvalue weighted by Crippen LogP contribution is 2.15. The minimum atomic E-state index is 0.125. The molecule has 3 N–H and O–H groups in total. The highest BCUT2D eigenvalue weighted by molar-refractivity contribution is 5.75. The van der Waals surface area contributed by atoms with Crippen LogP contribution in [0.4, 0.5) is 5.69 Å². The van der Waals surface area contributed by atoms with E-state index in [2.05, 4.69) is 12.2 Å². The molecule has 0 radical (unpaired) electrons. The summed E-state index contributed by atoms with van der Waals surface area (Å²) in [6.07, 6.45) is 3.85. The number of nitrogens with one attached hydrogen (secondary N) is 1. The summed E-state index contributed by atoms with van der Waals surface area (Å²) in [6, 6.07) is 5.79. The van der Waals surface area contributed by atoms with Gasteiger partial charge >= 0.3 is 0 Å². The lowest BCUT2D eigenvalue weighted by Gasteiger charge is -2.09. The summed E-state index contributed by atoms with van der Waals surface area (Å²) in [6.45, 7) is 4.68. The molecule has 1 rings (SSSR count). The average molecular weight is 234 g/mol. The molecule has 0 bridgehead atoms. The highest BCUT2D eigenvalue weighted by atomic mass is 16.1. The van der Waals surface area contributed by atoms with Crippen molar-refractivity contribution in [2.24, 2.45) is 0 Å². The van der Waals surface area contributed by atoms with Crippen LogP contribution in [0.5, 0.6) is 0 Å². The zero-order chi connectivity index (χ0) is 12.7. The van der Waals surface area contributed by atoms with Crippen LogP contribution in [0, 0.1) is 6.92 Å². The molecule has 17 heavy (non-hydrogen) atoms. The van der Waals surface area contributed by atoms with Gasteiger partial charge in [0.1, 0.15) is 0 Å². The van der Waals surface area contributed by atoms with E-state index in [1.807, 2.05) is 25.1 Å². The first-order valence-corrected chi connectivity index (χ1v) is 6.25. The summed E-state index contributed by atoms with van der Waals surface area (Å²) >= 11 is 0. The predicted molar refractivity (Wildman–Crippen MR) is 71.6 cm³/mol. The topological polar surface area (TPSA) is 55.1 Å². The van der Waals surface area contributed by atoms with Crippen molar-refractivity contribution in [2.75, 3.05) is 5.73 Å². The minimum Gasteiger partial charge on any atom is -0.399 e. The van der Waals surface area contributed by atoms with Crippen molar-refractivity contribution < 1.29 is 4.79 Å². The van der Waals surface area contributed by atoms with Gasteiger partial charge in [-0.3, -0.25) is 4.79 Å². The van der Waals surface area contributed by atoms with Crippen molar-refractivity contribution in [1.82, 2.24) is 5.32 Å². The van der Waals surface area contributed by atoms with E-state index in [0.717, 1.165) is 36.1 Å². The molecule has 0 heterocycles. The lowest BCUT2D eigenvalue weighted by molar-refractivity contribution is -0.121. The second-order valence-corrected chi connectivity index (χ2v) is 4.37. The van der Waals surface area contributed by atoms with Gasteiger partial charge in [-0.1, -0.05) is 31.9 Å². The Bertz CT molecular complexity index is 374. The van der Waals surface area contributed by atoms with Crippen molar-refractivity contribution in [2.45, 2.75) is 46.1 Å². The van der Waals surface area contributed by atoms with E-state index >= 15 is 0 Å². The van der Waals surface area contributed by atoms with Crippen molar-refractivity contribution in [3.8, 4) is 0 Å². The number of carbonyl (C=O) groups is 1. The Morgan fingerprint density at radius 2 is 2.12 bits per heavy atom. The number of hydrogen-bond acceptors (Lipinski definition) is 2. The summed E-state index contributed by atoms with van der Waals surface area (Å²) in [4.78, 5) is 11.5. The monoisotopic (exact) mass is 234 g/mol. The smallest absolute Gasteiger partial charge is 0.220 e. The highest BCUT2D eigenvalue weighted by Gasteiger charge is 2.04. The van der Waals surface area contributed by atoms with Gasteiger partial charge in [-0.05, 0) is 30.5 Å². The number of rotatable bonds is 6. The fourth-order valence-corrected chi connectivity index (χ4v) is 1.71. The van der Waals surface area contributed by atoms with Crippen LogP contribution in [-0.2, 0) is 11.3 Å². The van der Waals surface area contributed by atoms with E-state index in [1.54, 1.807) is 0 Å². The fourth-order valence-electron chi connectivity index (χ4n) is 1.71. The van der Waals surface area contributed by atoms with E-state index in [-0.39, 0.29) is 5.91 Å². The van der Waals surface area contributed by atoms with E-state index in [9.17, 15) is 4.79 Å². The maximum atomic E-state index is 11.5. The molecule has 1 aromatic rings. The van der Waals surface area contributed by atoms with Crippen LogP contribution < -0.4 is 11.1 Å². The molecule has 1 amide bonds. The molecule has 1 aromatic carbocycles. The van der Waals surface area contributed by atoms with Crippen LogP contribution >= 0.6 is 0 Å². The third-order valence-corrected chi connectivity index (χ3v) is 2.97. The zero-order valence-electron chi connectivity index (χ0n) is 10.8. The maximum Gasteiger partial charge on any atom is 0.220 e. The van der Waals surface area contributed by atoms with Crippen molar-refractivity contribution in [1.29, 1.82) is 0 Å². The number of nitrogens with two attached hydrogens (primary N) is 1. The Morgan fingerprint density at radius 3 is 2.82 bits per heavy atom. The van der Waals surface area contributed by atoms with Crippen LogP contribution in [-0.4, -0.2) is 5.91 Å². The second kappa shape index (κ2) is 6.94. The molecule has 3 heteroatoms.